The Hall–Kier alpha value is -2.62. The van der Waals surface area contributed by atoms with Crippen molar-refractivity contribution in [2.75, 3.05) is 38.0 Å². The summed E-state index contributed by atoms with van der Waals surface area (Å²) in [6.07, 6.45) is 8.02. The summed E-state index contributed by atoms with van der Waals surface area (Å²) in [5, 5.41) is 5.65. The third-order valence-electron chi connectivity index (χ3n) is 6.44. The molecule has 2 aliphatic heterocycles. The topological polar surface area (TPSA) is 87.4 Å². The molecule has 174 valence electrons. The SMILES string of the molecule is Cc1ccc(-c2nc(NC(=O)CN3CCC(N4CCCCC4)CC3)cc(-c3nccs3)n2)o1. The van der Waals surface area contributed by atoms with Crippen LogP contribution in [-0.2, 0) is 4.79 Å². The maximum Gasteiger partial charge on any atom is 0.239 e. The van der Waals surface area contributed by atoms with Crippen LogP contribution in [0.4, 0.5) is 5.82 Å². The average Bonchev–Trinajstić information content (AvgIpc) is 3.52. The molecule has 1 N–H and O–H groups in total. The van der Waals surface area contributed by atoms with Crippen molar-refractivity contribution in [3.63, 3.8) is 0 Å². The number of carbonyl (C=O) groups excluding carboxylic acids is 1. The Morgan fingerprint density at radius 3 is 2.67 bits per heavy atom. The molecule has 0 aromatic carbocycles. The van der Waals surface area contributed by atoms with Crippen molar-refractivity contribution < 1.29 is 9.21 Å². The van der Waals surface area contributed by atoms with Crippen LogP contribution in [0.25, 0.3) is 22.3 Å². The molecule has 33 heavy (non-hydrogen) atoms. The molecule has 5 heterocycles. The molecule has 0 aliphatic carbocycles. The van der Waals surface area contributed by atoms with E-state index in [1.165, 1.54) is 43.7 Å². The molecule has 0 unspecified atom stereocenters. The Morgan fingerprint density at radius 2 is 1.97 bits per heavy atom. The van der Waals surface area contributed by atoms with Crippen LogP contribution in [0.15, 0.2) is 34.2 Å². The lowest BCUT2D eigenvalue weighted by Crippen LogP contribution is -2.48. The second-order valence-electron chi connectivity index (χ2n) is 8.86. The van der Waals surface area contributed by atoms with Crippen LogP contribution < -0.4 is 5.32 Å². The minimum atomic E-state index is -0.0585. The first-order valence-electron chi connectivity index (χ1n) is 11.8. The van der Waals surface area contributed by atoms with Crippen LogP contribution >= 0.6 is 11.3 Å². The van der Waals surface area contributed by atoms with Gasteiger partial charge in [-0.15, -0.1) is 11.3 Å². The molecule has 1 amide bonds. The van der Waals surface area contributed by atoms with Gasteiger partial charge in [0.15, 0.2) is 11.6 Å². The molecule has 2 aliphatic rings. The van der Waals surface area contributed by atoms with Crippen molar-refractivity contribution in [2.24, 2.45) is 0 Å². The second-order valence-corrected chi connectivity index (χ2v) is 9.76. The van der Waals surface area contributed by atoms with E-state index in [-0.39, 0.29) is 5.91 Å². The molecular formula is C24H30N6O2S. The second kappa shape index (κ2) is 10.1. The first-order chi connectivity index (χ1) is 16.1. The Bertz CT molecular complexity index is 1070. The van der Waals surface area contributed by atoms with E-state index in [9.17, 15) is 4.79 Å². The summed E-state index contributed by atoms with van der Waals surface area (Å²) in [5.74, 6) is 2.20. The third-order valence-corrected chi connectivity index (χ3v) is 7.23. The van der Waals surface area contributed by atoms with Gasteiger partial charge in [-0.25, -0.2) is 15.0 Å². The molecule has 0 spiro atoms. The van der Waals surface area contributed by atoms with Gasteiger partial charge >= 0.3 is 0 Å². The molecule has 2 saturated heterocycles. The molecule has 3 aromatic heterocycles. The number of likely N-dealkylation sites (tertiary alicyclic amines) is 2. The van der Waals surface area contributed by atoms with Gasteiger partial charge in [-0.3, -0.25) is 9.69 Å². The number of nitrogens with zero attached hydrogens (tertiary/aromatic N) is 5. The zero-order chi connectivity index (χ0) is 22.6. The van der Waals surface area contributed by atoms with Gasteiger partial charge in [0.05, 0.1) is 6.54 Å². The van der Waals surface area contributed by atoms with E-state index < -0.39 is 0 Å². The van der Waals surface area contributed by atoms with Crippen LogP contribution in [0.5, 0.6) is 0 Å². The molecule has 0 atom stereocenters. The molecule has 0 saturated carbocycles. The predicted molar refractivity (Wildman–Crippen MR) is 129 cm³/mol. The van der Waals surface area contributed by atoms with Crippen LogP contribution in [-0.4, -0.2) is 69.4 Å². The molecular weight excluding hydrogens is 436 g/mol. The molecule has 2 fully saturated rings. The minimum Gasteiger partial charge on any atom is -0.458 e. The number of rotatable bonds is 6. The highest BCUT2D eigenvalue weighted by Gasteiger charge is 2.26. The first-order valence-corrected chi connectivity index (χ1v) is 12.6. The van der Waals surface area contributed by atoms with Gasteiger partial charge in [-0.1, -0.05) is 6.42 Å². The number of nitrogens with one attached hydrogen (secondary N) is 1. The first kappa shape index (κ1) is 22.2. The van der Waals surface area contributed by atoms with Crippen LogP contribution in [0.3, 0.4) is 0 Å². The van der Waals surface area contributed by atoms with Crippen molar-refractivity contribution in [3.05, 3.63) is 35.5 Å². The lowest BCUT2D eigenvalue weighted by atomic mass is 10.00. The van der Waals surface area contributed by atoms with Gasteiger partial charge in [0.25, 0.3) is 0 Å². The van der Waals surface area contributed by atoms with Crippen LogP contribution in [0.2, 0.25) is 0 Å². The Labute approximate surface area is 198 Å². The zero-order valence-corrected chi connectivity index (χ0v) is 19.8. The number of aromatic nitrogens is 3. The monoisotopic (exact) mass is 466 g/mol. The number of thiazole rings is 1. The fourth-order valence-electron chi connectivity index (χ4n) is 4.75. The highest BCUT2D eigenvalue weighted by atomic mass is 32.1. The largest absolute Gasteiger partial charge is 0.458 e. The number of furan rings is 1. The van der Waals surface area contributed by atoms with Crippen molar-refractivity contribution in [3.8, 4) is 22.3 Å². The summed E-state index contributed by atoms with van der Waals surface area (Å²) in [6.45, 7) is 6.64. The zero-order valence-electron chi connectivity index (χ0n) is 19.0. The van der Waals surface area contributed by atoms with Gasteiger partial charge in [0.1, 0.15) is 22.3 Å². The summed E-state index contributed by atoms with van der Waals surface area (Å²) < 4.78 is 5.72. The number of aryl methyl sites for hydroxylation is 1. The van der Waals surface area contributed by atoms with Crippen molar-refractivity contribution >= 4 is 23.1 Å². The predicted octanol–water partition coefficient (Wildman–Crippen LogP) is 4.06. The van der Waals surface area contributed by atoms with Crippen molar-refractivity contribution in [1.29, 1.82) is 0 Å². The summed E-state index contributed by atoms with van der Waals surface area (Å²) in [6, 6.07) is 6.17. The normalized spacial score (nSPS) is 18.5. The number of carbonyl (C=O) groups is 1. The Balaban J connectivity index is 1.24. The minimum absolute atomic E-state index is 0.0585. The molecule has 8 nitrogen and oxygen atoms in total. The highest BCUT2D eigenvalue weighted by molar-refractivity contribution is 7.13. The molecule has 0 radical (unpaired) electrons. The number of anilines is 1. The summed E-state index contributed by atoms with van der Waals surface area (Å²) in [4.78, 5) is 31.3. The number of piperidine rings is 2. The maximum atomic E-state index is 12.9. The van der Waals surface area contributed by atoms with Gasteiger partial charge in [-0.05, 0) is 57.8 Å². The van der Waals surface area contributed by atoms with E-state index in [1.807, 2.05) is 24.4 Å². The van der Waals surface area contributed by atoms with E-state index in [0.29, 0.717) is 35.7 Å². The van der Waals surface area contributed by atoms with E-state index in [2.05, 4.69) is 30.1 Å². The molecule has 0 bridgehead atoms. The smallest absolute Gasteiger partial charge is 0.239 e. The van der Waals surface area contributed by atoms with Gasteiger partial charge in [-0.2, -0.15) is 0 Å². The summed E-state index contributed by atoms with van der Waals surface area (Å²) >= 11 is 1.50. The van der Waals surface area contributed by atoms with E-state index >= 15 is 0 Å². The lowest BCUT2D eigenvalue weighted by Gasteiger charge is -2.40. The summed E-state index contributed by atoms with van der Waals surface area (Å²) in [5.41, 5.74) is 0.668. The average molecular weight is 467 g/mol. The molecule has 3 aromatic rings. The van der Waals surface area contributed by atoms with Gasteiger partial charge < -0.3 is 14.6 Å². The van der Waals surface area contributed by atoms with Crippen LogP contribution in [0, 0.1) is 6.92 Å². The standard InChI is InChI=1S/C24H30N6O2S/c1-17-5-6-20(32-17)23-26-19(24-25-9-14-33-24)15-21(28-23)27-22(31)16-29-12-7-18(8-13-29)30-10-3-2-4-11-30/h5-6,9,14-15,18H,2-4,7-8,10-13,16H2,1H3,(H,26,27,28,31). The van der Waals surface area contributed by atoms with E-state index in [4.69, 9.17) is 4.42 Å². The fourth-order valence-corrected chi connectivity index (χ4v) is 5.34. The van der Waals surface area contributed by atoms with Crippen LogP contribution in [0.1, 0.15) is 37.9 Å². The third kappa shape index (κ3) is 5.48. The highest BCUT2D eigenvalue weighted by Crippen LogP contribution is 2.27. The number of hydrogen-bond acceptors (Lipinski definition) is 8. The summed E-state index contributed by atoms with van der Waals surface area (Å²) in [7, 11) is 0. The quantitative estimate of drug-likeness (QED) is 0.586. The van der Waals surface area contributed by atoms with Gasteiger partial charge in [0.2, 0.25) is 5.91 Å². The van der Waals surface area contributed by atoms with Gasteiger partial charge in [0, 0.05) is 36.8 Å². The molecule has 5 rings (SSSR count). The molecule has 9 heteroatoms. The fraction of sp³-hybridized carbons (Fsp3) is 0.500. The Morgan fingerprint density at radius 1 is 1.15 bits per heavy atom. The number of amides is 1. The maximum absolute atomic E-state index is 12.9. The number of hydrogen-bond donors (Lipinski definition) is 1. The lowest BCUT2D eigenvalue weighted by molar-refractivity contribution is -0.117. The van der Waals surface area contributed by atoms with Crippen molar-refractivity contribution in [1.82, 2.24) is 24.8 Å². The van der Waals surface area contributed by atoms with E-state index in [1.54, 1.807) is 12.3 Å². The van der Waals surface area contributed by atoms with E-state index in [0.717, 1.165) is 36.7 Å². The Kier molecular flexibility index (Phi) is 6.80. The van der Waals surface area contributed by atoms with Crippen molar-refractivity contribution in [2.45, 2.75) is 45.1 Å².